The molecular formula is C19H24N2O7. The van der Waals surface area contributed by atoms with Crippen molar-refractivity contribution in [2.75, 3.05) is 26.3 Å². The lowest BCUT2D eigenvalue weighted by atomic mass is 9.92. The highest BCUT2D eigenvalue weighted by atomic mass is 16.6. The van der Waals surface area contributed by atoms with E-state index in [0.29, 0.717) is 24.9 Å². The highest BCUT2D eigenvalue weighted by Gasteiger charge is 2.26. The average molecular weight is 392 g/mol. The smallest absolute Gasteiger partial charge is 0.338 e. The van der Waals surface area contributed by atoms with E-state index in [2.05, 4.69) is 13.8 Å². The molecule has 0 N–H and O–H groups in total. The van der Waals surface area contributed by atoms with Gasteiger partial charge in [-0.05, 0) is 31.2 Å². The Kier molecular flexibility index (Phi) is 7.08. The molecule has 0 spiro atoms. The van der Waals surface area contributed by atoms with Crippen LogP contribution < -0.4 is 0 Å². The predicted octanol–water partition coefficient (Wildman–Crippen LogP) is 2.43. The molecule has 0 bridgehead atoms. The number of carbonyl (C=O) groups is 3. The fraction of sp³-hybridized carbons (Fsp3) is 0.526. The number of hydrogen-bond acceptors (Lipinski definition) is 7. The molecule has 2 atom stereocenters. The summed E-state index contributed by atoms with van der Waals surface area (Å²) >= 11 is 0. The molecule has 2 rings (SSSR count). The van der Waals surface area contributed by atoms with Crippen LogP contribution in [0.2, 0.25) is 0 Å². The summed E-state index contributed by atoms with van der Waals surface area (Å²) in [6.07, 6.45) is 1.04. The zero-order chi connectivity index (χ0) is 20.8. The molecule has 0 radical (unpaired) electrons. The molecule has 1 aromatic carbocycles. The Morgan fingerprint density at radius 3 is 2.11 bits per heavy atom. The Bertz CT molecular complexity index is 768. The fourth-order valence-corrected chi connectivity index (χ4v) is 3.34. The number of benzene rings is 1. The van der Waals surface area contributed by atoms with Gasteiger partial charge in [-0.1, -0.05) is 13.8 Å². The van der Waals surface area contributed by atoms with Gasteiger partial charge in [0.25, 0.3) is 11.6 Å². The molecule has 1 aromatic rings. The van der Waals surface area contributed by atoms with E-state index in [1.807, 2.05) is 0 Å². The van der Waals surface area contributed by atoms with Crippen LogP contribution in [-0.4, -0.2) is 54.0 Å². The van der Waals surface area contributed by atoms with Gasteiger partial charge in [0.1, 0.15) is 0 Å². The second-order valence-electron chi connectivity index (χ2n) is 7.07. The maximum Gasteiger partial charge on any atom is 0.338 e. The van der Waals surface area contributed by atoms with Gasteiger partial charge in [-0.15, -0.1) is 0 Å². The number of nitro benzene ring substituents is 1. The number of hydrogen-bond donors (Lipinski definition) is 0. The van der Waals surface area contributed by atoms with Gasteiger partial charge in [0, 0.05) is 25.2 Å². The van der Waals surface area contributed by atoms with Crippen LogP contribution in [0.25, 0.3) is 0 Å². The Morgan fingerprint density at radius 2 is 1.61 bits per heavy atom. The SMILES string of the molecule is CCOC(=O)c1cc(C(=O)OCC(=O)N2CC(C)CC(C)C2)cc([N+](=O)[O-])c1. The lowest BCUT2D eigenvalue weighted by Crippen LogP contribution is -2.44. The summed E-state index contributed by atoms with van der Waals surface area (Å²) in [5.41, 5.74) is -0.763. The fourth-order valence-electron chi connectivity index (χ4n) is 3.34. The number of esters is 2. The van der Waals surface area contributed by atoms with Gasteiger partial charge in [0.05, 0.1) is 22.7 Å². The molecule has 0 aromatic heterocycles. The third-order valence-electron chi connectivity index (χ3n) is 4.42. The zero-order valence-electron chi connectivity index (χ0n) is 16.2. The van der Waals surface area contributed by atoms with E-state index in [1.165, 1.54) is 0 Å². The number of amides is 1. The summed E-state index contributed by atoms with van der Waals surface area (Å²) in [4.78, 5) is 48.5. The van der Waals surface area contributed by atoms with Crippen molar-refractivity contribution in [2.24, 2.45) is 11.8 Å². The number of non-ortho nitro benzene ring substituents is 1. The normalized spacial score (nSPS) is 19.0. The maximum atomic E-state index is 12.3. The van der Waals surface area contributed by atoms with E-state index < -0.39 is 29.2 Å². The predicted molar refractivity (Wildman–Crippen MR) is 98.9 cm³/mol. The molecule has 9 heteroatoms. The largest absolute Gasteiger partial charge is 0.462 e. The minimum Gasteiger partial charge on any atom is -0.462 e. The van der Waals surface area contributed by atoms with Gasteiger partial charge < -0.3 is 14.4 Å². The zero-order valence-corrected chi connectivity index (χ0v) is 16.2. The van der Waals surface area contributed by atoms with Crippen LogP contribution in [0.1, 0.15) is 47.9 Å². The molecule has 0 aliphatic carbocycles. The van der Waals surface area contributed by atoms with Crippen LogP contribution in [0.5, 0.6) is 0 Å². The Morgan fingerprint density at radius 1 is 1.07 bits per heavy atom. The Balaban J connectivity index is 2.09. The number of rotatable bonds is 6. The number of nitro groups is 1. The molecule has 1 amide bonds. The van der Waals surface area contributed by atoms with Crippen LogP contribution in [0, 0.1) is 22.0 Å². The number of piperidine rings is 1. The van der Waals surface area contributed by atoms with Crippen LogP contribution >= 0.6 is 0 Å². The monoisotopic (exact) mass is 392 g/mol. The van der Waals surface area contributed by atoms with Gasteiger partial charge >= 0.3 is 11.9 Å². The van der Waals surface area contributed by atoms with Crippen molar-refractivity contribution < 1.29 is 28.8 Å². The second-order valence-corrected chi connectivity index (χ2v) is 7.07. The average Bonchev–Trinajstić information content (AvgIpc) is 2.64. The molecule has 1 saturated heterocycles. The van der Waals surface area contributed by atoms with E-state index in [9.17, 15) is 24.5 Å². The van der Waals surface area contributed by atoms with Gasteiger partial charge in [-0.25, -0.2) is 9.59 Å². The Labute approximate surface area is 162 Å². The van der Waals surface area contributed by atoms with Crippen molar-refractivity contribution in [2.45, 2.75) is 27.2 Å². The second kappa shape index (κ2) is 9.29. The first-order valence-electron chi connectivity index (χ1n) is 9.12. The number of ether oxygens (including phenoxy) is 2. The third-order valence-corrected chi connectivity index (χ3v) is 4.42. The quantitative estimate of drug-likeness (QED) is 0.415. The molecule has 1 aliphatic rings. The van der Waals surface area contributed by atoms with Gasteiger partial charge in [0.2, 0.25) is 0 Å². The standard InChI is InChI=1S/C19H24N2O7/c1-4-27-18(23)14-6-15(8-16(7-14)21(25)26)19(24)28-11-17(22)20-9-12(2)5-13(3)10-20/h6-8,12-13H,4-5,9-11H2,1-3H3. The van der Waals surface area contributed by atoms with Crippen LogP contribution in [-0.2, 0) is 14.3 Å². The molecular weight excluding hydrogens is 368 g/mol. The summed E-state index contributed by atoms with van der Waals surface area (Å²) in [6, 6.07) is 3.18. The summed E-state index contributed by atoms with van der Waals surface area (Å²) in [7, 11) is 0. The van der Waals surface area contributed by atoms with E-state index in [4.69, 9.17) is 9.47 Å². The van der Waals surface area contributed by atoms with Crippen molar-refractivity contribution in [1.29, 1.82) is 0 Å². The van der Waals surface area contributed by atoms with Gasteiger partial charge in [-0.3, -0.25) is 14.9 Å². The molecule has 9 nitrogen and oxygen atoms in total. The highest BCUT2D eigenvalue weighted by Crippen LogP contribution is 2.22. The van der Waals surface area contributed by atoms with Crippen LogP contribution in [0.15, 0.2) is 18.2 Å². The first-order chi connectivity index (χ1) is 13.2. The molecule has 1 aliphatic heterocycles. The third kappa shape index (κ3) is 5.51. The molecule has 1 fully saturated rings. The minimum atomic E-state index is -0.916. The maximum absolute atomic E-state index is 12.3. The van der Waals surface area contributed by atoms with Crippen LogP contribution in [0.3, 0.4) is 0 Å². The molecule has 0 saturated carbocycles. The lowest BCUT2D eigenvalue weighted by Gasteiger charge is -2.34. The summed E-state index contributed by atoms with van der Waals surface area (Å²) in [6.45, 7) is 6.54. The van der Waals surface area contributed by atoms with Gasteiger partial charge in [0.15, 0.2) is 6.61 Å². The van der Waals surface area contributed by atoms with E-state index in [-0.39, 0.29) is 23.6 Å². The summed E-state index contributed by atoms with van der Waals surface area (Å²) in [5.74, 6) is -1.28. The Hall–Kier alpha value is -2.97. The molecule has 2 unspecified atom stereocenters. The number of carbonyl (C=O) groups excluding carboxylic acids is 3. The van der Waals surface area contributed by atoms with Crippen molar-refractivity contribution >= 4 is 23.5 Å². The van der Waals surface area contributed by atoms with Crippen molar-refractivity contribution in [1.82, 2.24) is 4.90 Å². The number of likely N-dealkylation sites (tertiary alicyclic amines) is 1. The lowest BCUT2D eigenvalue weighted by molar-refractivity contribution is -0.384. The van der Waals surface area contributed by atoms with Crippen molar-refractivity contribution in [3.8, 4) is 0 Å². The minimum absolute atomic E-state index is 0.0858. The van der Waals surface area contributed by atoms with E-state index >= 15 is 0 Å². The number of nitrogens with zero attached hydrogens (tertiary/aromatic N) is 2. The van der Waals surface area contributed by atoms with E-state index in [1.54, 1.807) is 11.8 Å². The first kappa shape index (κ1) is 21.3. The molecule has 28 heavy (non-hydrogen) atoms. The summed E-state index contributed by atoms with van der Waals surface area (Å²) in [5, 5.41) is 11.1. The van der Waals surface area contributed by atoms with Crippen molar-refractivity contribution in [3.63, 3.8) is 0 Å². The first-order valence-corrected chi connectivity index (χ1v) is 9.12. The van der Waals surface area contributed by atoms with Crippen LogP contribution in [0.4, 0.5) is 5.69 Å². The summed E-state index contributed by atoms with van der Waals surface area (Å²) < 4.78 is 9.86. The van der Waals surface area contributed by atoms with Crippen molar-refractivity contribution in [3.05, 3.63) is 39.4 Å². The van der Waals surface area contributed by atoms with E-state index in [0.717, 1.165) is 24.6 Å². The molecule has 152 valence electrons. The molecule has 1 heterocycles. The highest BCUT2D eigenvalue weighted by molar-refractivity contribution is 5.97. The topological polar surface area (TPSA) is 116 Å². The van der Waals surface area contributed by atoms with Gasteiger partial charge in [-0.2, -0.15) is 0 Å².